The van der Waals surface area contributed by atoms with E-state index < -0.39 is 0 Å². The first-order valence-electron chi connectivity index (χ1n) is 4.27. The van der Waals surface area contributed by atoms with Gasteiger partial charge in [0.15, 0.2) is 5.01 Å². The number of hydrogen-bond donors (Lipinski definition) is 2. The van der Waals surface area contributed by atoms with E-state index >= 15 is 0 Å². The van der Waals surface area contributed by atoms with E-state index in [0.717, 1.165) is 5.69 Å². The number of aryl methyl sites for hydroxylation is 1. The Morgan fingerprint density at radius 3 is 2.93 bits per heavy atom. The fraction of sp³-hybridized carbons (Fsp3) is 0.250. The van der Waals surface area contributed by atoms with Crippen molar-refractivity contribution in [3.8, 4) is 10.6 Å². The highest BCUT2D eigenvalue weighted by Crippen LogP contribution is 2.27. The van der Waals surface area contributed by atoms with E-state index in [1.165, 1.54) is 11.3 Å². The first-order valence-corrected chi connectivity index (χ1v) is 5.15. The van der Waals surface area contributed by atoms with Crippen molar-refractivity contribution in [2.24, 2.45) is 0 Å². The molecule has 0 aliphatic heterocycles. The van der Waals surface area contributed by atoms with Crippen molar-refractivity contribution >= 4 is 17.0 Å². The van der Waals surface area contributed by atoms with Gasteiger partial charge in [-0.25, -0.2) is 5.10 Å². The summed E-state index contributed by atoms with van der Waals surface area (Å²) in [7, 11) is 1.69. The van der Waals surface area contributed by atoms with Crippen LogP contribution in [0.25, 0.3) is 10.6 Å². The van der Waals surface area contributed by atoms with E-state index in [9.17, 15) is 4.79 Å². The molecule has 0 unspecified atom stereocenters. The second-order valence-corrected chi connectivity index (χ2v) is 3.72. The second kappa shape index (κ2) is 3.77. The summed E-state index contributed by atoms with van der Waals surface area (Å²) in [6, 6.07) is 0. The van der Waals surface area contributed by atoms with E-state index in [1.807, 2.05) is 6.92 Å². The molecule has 78 valence electrons. The summed E-state index contributed by atoms with van der Waals surface area (Å²) in [5, 5.41) is 17.5. The number of H-pyrrole nitrogens is 1. The Balaban J connectivity index is 2.74. The van der Waals surface area contributed by atoms with Gasteiger partial charge < -0.3 is 5.32 Å². The van der Waals surface area contributed by atoms with Gasteiger partial charge in [0, 0.05) is 7.05 Å². The summed E-state index contributed by atoms with van der Waals surface area (Å²) in [4.78, 5) is 11.5. The lowest BCUT2D eigenvalue weighted by Crippen LogP contribution is -2.16. The number of rotatable bonds is 2. The van der Waals surface area contributed by atoms with Crippen LogP contribution in [-0.4, -0.2) is 27.4 Å². The maximum Gasteiger partial charge on any atom is 0.288 e. The topological polar surface area (TPSA) is 83.6 Å². The fourth-order valence-corrected chi connectivity index (χ4v) is 1.98. The lowest BCUT2D eigenvalue weighted by Gasteiger charge is -2.06. The molecule has 0 aromatic carbocycles. The van der Waals surface area contributed by atoms with E-state index in [2.05, 4.69) is 25.7 Å². The average molecular weight is 223 g/mol. The minimum atomic E-state index is -0.256. The normalized spacial score (nSPS) is 10.3. The van der Waals surface area contributed by atoms with Crippen molar-refractivity contribution in [2.75, 3.05) is 12.4 Å². The number of hydrogen-bond acceptors (Lipinski definition) is 6. The van der Waals surface area contributed by atoms with Gasteiger partial charge in [-0.1, -0.05) is 11.3 Å². The third kappa shape index (κ3) is 1.61. The molecule has 2 aromatic heterocycles. The molecule has 0 spiro atoms. The molecule has 0 saturated heterocycles. The van der Waals surface area contributed by atoms with Crippen molar-refractivity contribution < 1.29 is 0 Å². The summed E-state index contributed by atoms with van der Waals surface area (Å²) in [6.07, 6.45) is 0. The van der Waals surface area contributed by atoms with E-state index in [-0.39, 0.29) is 5.56 Å². The largest absolute Gasteiger partial charge is 0.383 e. The summed E-state index contributed by atoms with van der Waals surface area (Å²) in [5.41, 5.74) is 3.27. The van der Waals surface area contributed by atoms with Crippen LogP contribution in [0, 0.1) is 6.92 Å². The molecule has 2 N–H and O–H groups in total. The maximum atomic E-state index is 11.5. The van der Waals surface area contributed by atoms with Crippen LogP contribution in [0.5, 0.6) is 0 Å². The van der Waals surface area contributed by atoms with Crippen LogP contribution in [0.1, 0.15) is 5.69 Å². The third-order valence-electron chi connectivity index (χ3n) is 1.99. The smallest absolute Gasteiger partial charge is 0.288 e. The molecule has 0 bridgehead atoms. The number of nitrogens with zero attached hydrogens (tertiary/aromatic N) is 3. The minimum Gasteiger partial charge on any atom is -0.383 e. The van der Waals surface area contributed by atoms with E-state index in [4.69, 9.17) is 0 Å². The summed E-state index contributed by atoms with van der Waals surface area (Å²) >= 11 is 1.37. The van der Waals surface area contributed by atoms with Gasteiger partial charge in [0.05, 0.1) is 11.3 Å². The summed E-state index contributed by atoms with van der Waals surface area (Å²) in [5.74, 6) is 0. The second-order valence-electron chi connectivity index (χ2n) is 2.88. The number of nitrogens with one attached hydrogen (secondary N) is 2. The third-order valence-corrected chi connectivity index (χ3v) is 2.70. The number of aromatic nitrogens is 4. The molecule has 2 aromatic rings. The molecule has 0 amide bonds. The minimum absolute atomic E-state index is 0.256. The molecular formula is C8H9N5OS. The highest BCUT2D eigenvalue weighted by molar-refractivity contribution is 7.12. The van der Waals surface area contributed by atoms with Gasteiger partial charge in [-0.2, -0.15) is 5.10 Å². The number of aromatic amines is 1. The Kier molecular flexibility index (Phi) is 2.46. The Bertz CT molecular complexity index is 518. The maximum absolute atomic E-state index is 11.5. The molecule has 0 aliphatic rings. The molecule has 7 heteroatoms. The highest BCUT2D eigenvalue weighted by Gasteiger charge is 2.14. The first kappa shape index (κ1) is 9.78. The van der Waals surface area contributed by atoms with Crippen LogP contribution in [0.4, 0.5) is 5.69 Å². The van der Waals surface area contributed by atoms with Crippen LogP contribution in [0.15, 0.2) is 10.3 Å². The Hall–Kier alpha value is -1.76. The molecule has 0 fully saturated rings. The molecular weight excluding hydrogens is 214 g/mol. The predicted octanol–water partition coefficient (Wildman–Crippen LogP) is 0.639. The number of anilines is 1. The quantitative estimate of drug-likeness (QED) is 0.780. The monoisotopic (exact) mass is 223 g/mol. The molecule has 6 nitrogen and oxygen atoms in total. The van der Waals surface area contributed by atoms with Gasteiger partial charge in [0.1, 0.15) is 11.2 Å². The molecule has 0 atom stereocenters. The van der Waals surface area contributed by atoms with Crippen LogP contribution < -0.4 is 10.9 Å². The van der Waals surface area contributed by atoms with Crippen molar-refractivity contribution in [1.82, 2.24) is 20.4 Å². The zero-order valence-electron chi connectivity index (χ0n) is 8.24. The standard InChI is InChI=1S/C8H9N5OS/c1-4-5(8-13-10-3-15-8)6(9-2)7(14)12-11-4/h3H,1-2H3,(H,9,11)(H,12,14). The molecule has 0 saturated carbocycles. The molecule has 2 rings (SSSR count). The van der Waals surface area contributed by atoms with Crippen LogP contribution in [0.3, 0.4) is 0 Å². The SMILES string of the molecule is CNc1c(-c2nncs2)c(C)n[nH]c1=O. The zero-order chi connectivity index (χ0) is 10.8. The van der Waals surface area contributed by atoms with Gasteiger partial charge in [-0.3, -0.25) is 4.79 Å². The van der Waals surface area contributed by atoms with Gasteiger partial charge in [0.2, 0.25) is 0 Å². The van der Waals surface area contributed by atoms with Crippen LogP contribution in [0.2, 0.25) is 0 Å². The van der Waals surface area contributed by atoms with Crippen LogP contribution >= 0.6 is 11.3 Å². The van der Waals surface area contributed by atoms with Gasteiger partial charge in [-0.15, -0.1) is 10.2 Å². The Morgan fingerprint density at radius 2 is 2.33 bits per heavy atom. The summed E-state index contributed by atoms with van der Waals surface area (Å²) < 4.78 is 0. The van der Waals surface area contributed by atoms with E-state index in [0.29, 0.717) is 16.3 Å². The van der Waals surface area contributed by atoms with Gasteiger partial charge in [-0.05, 0) is 6.92 Å². The van der Waals surface area contributed by atoms with Crippen LogP contribution in [-0.2, 0) is 0 Å². The fourth-order valence-electron chi connectivity index (χ4n) is 1.32. The predicted molar refractivity (Wildman–Crippen MR) is 58.0 cm³/mol. The lowest BCUT2D eigenvalue weighted by atomic mass is 10.2. The molecule has 0 radical (unpaired) electrons. The lowest BCUT2D eigenvalue weighted by molar-refractivity contribution is 0.947. The van der Waals surface area contributed by atoms with Gasteiger partial charge >= 0.3 is 0 Å². The zero-order valence-corrected chi connectivity index (χ0v) is 9.05. The molecule has 0 aliphatic carbocycles. The van der Waals surface area contributed by atoms with Crippen molar-refractivity contribution in [2.45, 2.75) is 6.92 Å². The first-order chi connectivity index (χ1) is 7.24. The highest BCUT2D eigenvalue weighted by atomic mass is 32.1. The van der Waals surface area contributed by atoms with E-state index in [1.54, 1.807) is 12.6 Å². The summed E-state index contributed by atoms with van der Waals surface area (Å²) in [6.45, 7) is 1.81. The molecule has 15 heavy (non-hydrogen) atoms. The van der Waals surface area contributed by atoms with Crippen molar-refractivity contribution in [1.29, 1.82) is 0 Å². The average Bonchev–Trinajstić information content (AvgIpc) is 2.74. The van der Waals surface area contributed by atoms with Gasteiger partial charge in [0.25, 0.3) is 5.56 Å². The van der Waals surface area contributed by atoms with Crippen molar-refractivity contribution in [3.63, 3.8) is 0 Å². The van der Waals surface area contributed by atoms with Crippen molar-refractivity contribution in [3.05, 3.63) is 21.6 Å². The molecule has 2 heterocycles. The Labute approximate surface area is 89.4 Å². The Morgan fingerprint density at radius 1 is 1.53 bits per heavy atom.